The molecule has 2 aromatic carbocycles. The number of halogens is 1. The predicted octanol–water partition coefficient (Wildman–Crippen LogP) is 4.92. The number of benzene rings is 2. The summed E-state index contributed by atoms with van der Waals surface area (Å²) in [5.41, 5.74) is 4.85. The van der Waals surface area contributed by atoms with Crippen LogP contribution in [-0.2, 0) is 27.3 Å². The van der Waals surface area contributed by atoms with Gasteiger partial charge >= 0.3 is 0 Å². The molecule has 1 N–H and O–H groups in total. The number of unbranched alkanes of at least 4 members (excludes halogenated alkanes) is 2. The molecule has 1 unspecified atom stereocenters. The molecule has 220 valence electrons. The average Bonchev–Trinajstić information content (AvgIpc) is 3.40. The maximum Gasteiger partial charge on any atom is 0.219 e. The Bertz CT molecular complexity index is 1320. The van der Waals surface area contributed by atoms with Crippen LogP contribution in [0.25, 0.3) is 11.0 Å². The summed E-state index contributed by atoms with van der Waals surface area (Å²) in [4.78, 5) is 39.3. The Labute approximate surface area is 241 Å². The normalized spacial score (nSPS) is 15.1. The fraction of sp³-hybridized carbons (Fsp3) is 0.500. The van der Waals surface area contributed by atoms with E-state index >= 15 is 0 Å². The highest BCUT2D eigenvalue weighted by Gasteiger charge is 2.25. The molecule has 0 radical (unpaired) electrons. The van der Waals surface area contributed by atoms with Crippen molar-refractivity contribution >= 4 is 29.6 Å². The zero-order chi connectivity index (χ0) is 29.2. The fourth-order valence-electron chi connectivity index (χ4n) is 5.84. The van der Waals surface area contributed by atoms with Gasteiger partial charge in [-0.25, -0.2) is 4.39 Å². The topological polar surface area (TPSA) is 95.8 Å². The molecule has 1 saturated heterocycles. The molecule has 41 heavy (non-hydrogen) atoms. The smallest absolute Gasteiger partial charge is 0.219 e. The van der Waals surface area contributed by atoms with Crippen molar-refractivity contribution in [2.75, 3.05) is 26.7 Å². The van der Waals surface area contributed by atoms with E-state index in [-0.39, 0.29) is 18.1 Å². The Kier molecular flexibility index (Phi) is 11.0. The van der Waals surface area contributed by atoms with Gasteiger partial charge in [0.2, 0.25) is 12.3 Å². The van der Waals surface area contributed by atoms with Crippen LogP contribution < -0.4 is 5.32 Å². The highest BCUT2D eigenvalue weighted by Crippen LogP contribution is 2.33. The van der Waals surface area contributed by atoms with E-state index in [1.807, 2.05) is 19.1 Å². The first kappa shape index (κ1) is 30.4. The van der Waals surface area contributed by atoms with Gasteiger partial charge in [-0.2, -0.15) is 0 Å². The Hall–Kier alpha value is -3.59. The molecule has 1 aliphatic rings. The first-order valence-corrected chi connectivity index (χ1v) is 14.6. The van der Waals surface area contributed by atoms with Crippen molar-refractivity contribution in [3.63, 3.8) is 0 Å². The van der Waals surface area contributed by atoms with Crippen LogP contribution in [-0.4, -0.2) is 66.3 Å². The molecule has 8 nitrogen and oxygen atoms in total. The van der Waals surface area contributed by atoms with E-state index in [1.165, 1.54) is 22.6 Å². The Morgan fingerprint density at radius 3 is 2.73 bits per heavy atom. The second-order valence-electron chi connectivity index (χ2n) is 11.0. The number of carbonyl (C=O) groups excluding carboxylic acids is 3. The molecule has 2 amide bonds. The minimum atomic E-state index is -0.632. The van der Waals surface area contributed by atoms with Gasteiger partial charge in [0.25, 0.3) is 0 Å². The van der Waals surface area contributed by atoms with Crippen molar-refractivity contribution in [2.45, 2.75) is 76.8 Å². The van der Waals surface area contributed by atoms with Gasteiger partial charge in [-0.1, -0.05) is 29.8 Å². The summed E-state index contributed by atoms with van der Waals surface area (Å²) in [5.74, 6) is -0.117. The molecule has 0 spiro atoms. The number of likely N-dealkylation sites (tertiary alicyclic amines) is 1. The third-order valence-electron chi connectivity index (χ3n) is 8.37. The van der Waals surface area contributed by atoms with Crippen LogP contribution in [0.4, 0.5) is 4.39 Å². The summed E-state index contributed by atoms with van der Waals surface area (Å²) < 4.78 is 18.8. The van der Waals surface area contributed by atoms with Crippen LogP contribution in [0.2, 0.25) is 0 Å². The highest BCUT2D eigenvalue weighted by molar-refractivity contribution is 5.80. The summed E-state index contributed by atoms with van der Waals surface area (Å²) in [6.45, 7) is 5.48. The van der Waals surface area contributed by atoms with Crippen LogP contribution in [0.15, 0.2) is 40.9 Å². The monoisotopic (exact) mass is 564 g/mol. The molecule has 1 aromatic heterocycles. The number of hydrogen-bond acceptors (Lipinski definition) is 6. The largest absolute Gasteiger partial charge is 0.359 e. The number of hydrogen-bond donors (Lipinski definition) is 1. The first-order valence-electron chi connectivity index (χ1n) is 14.6. The lowest BCUT2D eigenvalue weighted by molar-refractivity contribution is -0.127. The fourth-order valence-corrected chi connectivity index (χ4v) is 5.84. The Morgan fingerprint density at radius 1 is 1.20 bits per heavy atom. The van der Waals surface area contributed by atoms with E-state index in [0.29, 0.717) is 30.9 Å². The molecule has 1 aliphatic heterocycles. The van der Waals surface area contributed by atoms with Gasteiger partial charge in [-0.05, 0) is 93.9 Å². The number of amides is 2. The number of nitrogens with one attached hydrogen (secondary N) is 1. The van der Waals surface area contributed by atoms with Crippen LogP contribution in [0, 0.1) is 12.7 Å². The number of aldehydes is 1. The van der Waals surface area contributed by atoms with Crippen molar-refractivity contribution in [1.29, 1.82) is 0 Å². The van der Waals surface area contributed by atoms with Gasteiger partial charge in [0.15, 0.2) is 5.58 Å². The van der Waals surface area contributed by atoms with E-state index < -0.39 is 6.04 Å². The Balaban J connectivity index is 1.22. The second kappa shape index (κ2) is 14.9. The summed E-state index contributed by atoms with van der Waals surface area (Å²) >= 11 is 0. The second-order valence-corrected chi connectivity index (χ2v) is 11.0. The third-order valence-corrected chi connectivity index (χ3v) is 8.37. The molecule has 0 aliphatic carbocycles. The van der Waals surface area contributed by atoms with E-state index in [0.717, 1.165) is 86.7 Å². The minimum Gasteiger partial charge on any atom is -0.359 e. The van der Waals surface area contributed by atoms with Crippen molar-refractivity contribution < 1.29 is 23.3 Å². The van der Waals surface area contributed by atoms with Crippen molar-refractivity contribution in [3.05, 3.63) is 64.6 Å². The molecular weight excluding hydrogens is 523 g/mol. The van der Waals surface area contributed by atoms with Gasteiger partial charge in [0, 0.05) is 37.4 Å². The maximum atomic E-state index is 13.5. The summed E-state index contributed by atoms with van der Waals surface area (Å²) in [5, 5.41) is 7.73. The highest BCUT2D eigenvalue weighted by atomic mass is 19.1. The lowest BCUT2D eigenvalue weighted by atomic mass is 9.91. The summed E-state index contributed by atoms with van der Waals surface area (Å²) in [6, 6.07) is 10.2. The molecule has 1 fully saturated rings. The first-order chi connectivity index (χ1) is 19.9. The molecule has 2 heterocycles. The predicted molar refractivity (Wildman–Crippen MR) is 156 cm³/mol. The molecule has 0 bridgehead atoms. The molecule has 9 heteroatoms. The number of fused-ring (bicyclic) bond motifs is 1. The van der Waals surface area contributed by atoms with Crippen LogP contribution in [0.1, 0.15) is 73.2 Å². The molecule has 0 saturated carbocycles. The van der Waals surface area contributed by atoms with Gasteiger partial charge in [-0.15, -0.1) is 0 Å². The molecular formula is C32H41FN4O4. The molecule has 1 atom stereocenters. The quantitative estimate of drug-likeness (QED) is 0.208. The third kappa shape index (κ3) is 8.00. The van der Waals surface area contributed by atoms with Gasteiger partial charge in [0.1, 0.15) is 12.1 Å². The summed E-state index contributed by atoms with van der Waals surface area (Å²) in [6.07, 6.45) is 8.18. The maximum absolute atomic E-state index is 13.5. The van der Waals surface area contributed by atoms with E-state index in [4.69, 9.17) is 4.52 Å². The van der Waals surface area contributed by atoms with Crippen LogP contribution >= 0.6 is 0 Å². The number of piperidine rings is 1. The molecule has 3 aromatic rings. The average molecular weight is 565 g/mol. The number of aromatic nitrogens is 1. The van der Waals surface area contributed by atoms with E-state index in [2.05, 4.69) is 21.4 Å². The number of rotatable bonds is 15. The van der Waals surface area contributed by atoms with Crippen molar-refractivity contribution in [3.8, 4) is 0 Å². The zero-order valence-corrected chi connectivity index (χ0v) is 24.1. The van der Waals surface area contributed by atoms with Gasteiger partial charge in [-0.3, -0.25) is 9.59 Å². The van der Waals surface area contributed by atoms with E-state index in [9.17, 15) is 18.8 Å². The van der Waals surface area contributed by atoms with Gasteiger partial charge in [0.05, 0.1) is 11.7 Å². The SMILES string of the molecule is CNC(=O)CCC(C=O)N(C=O)Cc1c(C)cccc1CCCCCN1CCC(c2noc3cc(F)ccc23)CC1. The van der Waals surface area contributed by atoms with Gasteiger partial charge < -0.3 is 24.4 Å². The number of carbonyl (C=O) groups is 3. The molecule has 4 rings (SSSR count). The standard InChI is InChI=1S/C32H41FN4O4/c1-23-7-6-9-24(29(23)20-37(22-39)27(21-38)11-13-31(40)34-2)8-4-3-5-16-36-17-14-25(15-18-36)32-28-12-10-26(33)19-30(28)41-35-32/h6-7,9-10,12,19,21-22,25,27H,3-5,8,11,13-18,20H2,1-2H3,(H,34,40). The van der Waals surface area contributed by atoms with Crippen molar-refractivity contribution in [2.24, 2.45) is 0 Å². The van der Waals surface area contributed by atoms with E-state index in [1.54, 1.807) is 13.1 Å². The zero-order valence-electron chi connectivity index (χ0n) is 24.1. The van der Waals surface area contributed by atoms with Crippen LogP contribution in [0.5, 0.6) is 0 Å². The minimum absolute atomic E-state index is 0.148. The lowest BCUT2D eigenvalue weighted by Crippen LogP contribution is -2.36. The van der Waals surface area contributed by atoms with Crippen LogP contribution in [0.3, 0.4) is 0 Å². The summed E-state index contributed by atoms with van der Waals surface area (Å²) in [7, 11) is 1.56. The Morgan fingerprint density at radius 2 is 2.00 bits per heavy atom. The van der Waals surface area contributed by atoms with Crippen molar-refractivity contribution in [1.82, 2.24) is 20.3 Å². The lowest BCUT2D eigenvalue weighted by Gasteiger charge is -2.31. The number of nitrogens with zero attached hydrogens (tertiary/aromatic N) is 3. The number of aryl methyl sites for hydroxylation is 2.